The summed E-state index contributed by atoms with van der Waals surface area (Å²) in [5.74, 6) is -0.347. The SMILES string of the molecule is CC(C)(C)OC(=O)[C@@H]1C[C@H](F)CCN1. The number of hydrogen-bond acceptors (Lipinski definition) is 3. The molecule has 1 fully saturated rings. The molecule has 0 radical (unpaired) electrons. The Morgan fingerprint density at radius 2 is 2.14 bits per heavy atom. The van der Waals surface area contributed by atoms with Crippen molar-refractivity contribution < 1.29 is 13.9 Å². The van der Waals surface area contributed by atoms with Crippen LogP contribution in [0.3, 0.4) is 0 Å². The Morgan fingerprint density at radius 1 is 1.50 bits per heavy atom. The minimum atomic E-state index is -0.881. The molecule has 82 valence electrons. The number of carbonyl (C=O) groups excluding carboxylic acids is 1. The van der Waals surface area contributed by atoms with E-state index in [2.05, 4.69) is 5.32 Å². The zero-order valence-electron chi connectivity index (χ0n) is 8.97. The molecular formula is C10H18FNO2. The molecule has 1 saturated heterocycles. The molecule has 0 bridgehead atoms. The van der Waals surface area contributed by atoms with Gasteiger partial charge in [-0.05, 0) is 33.7 Å². The van der Waals surface area contributed by atoms with Crippen LogP contribution in [0.1, 0.15) is 33.6 Å². The van der Waals surface area contributed by atoms with Crippen molar-refractivity contribution in [2.75, 3.05) is 6.54 Å². The van der Waals surface area contributed by atoms with Crippen molar-refractivity contribution in [3.05, 3.63) is 0 Å². The van der Waals surface area contributed by atoms with Crippen LogP contribution in [0.15, 0.2) is 0 Å². The Kier molecular flexibility index (Phi) is 3.48. The molecule has 1 rings (SSSR count). The number of rotatable bonds is 1. The lowest BCUT2D eigenvalue weighted by atomic mass is 10.0. The average molecular weight is 203 g/mol. The van der Waals surface area contributed by atoms with Gasteiger partial charge in [-0.2, -0.15) is 0 Å². The minimum absolute atomic E-state index is 0.231. The maximum Gasteiger partial charge on any atom is 0.323 e. The van der Waals surface area contributed by atoms with Crippen LogP contribution in [0, 0.1) is 0 Å². The summed E-state index contributed by atoms with van der Waals surface area (Å²) in [5, 5.41) is 2.96. The van der Waals surface area contributed by atoms with E-state index in [1.54, 1.807) is 20.8 Å². The van der Waals surface area contributed by atoms with Crippen molar-refractivity contribution in [3.63, 3.8) is 0 Å². The van der Waals surface area contributed by atoms with Crippen LogP contribution in [0.2, 0.25) is 0 Å². The van der Waals surface area contributed by atoms with Gasteiger partial charge in [-0.3, -0.25) is 4.79 Å². The molecule has 2 atom stereocenters. The number of carbonyl (C=O) groups is 1. The van der Waals surface area contributed by atoms with Gasteiger partial charge in [0.1, 0.15) is 17.8 Å². The van der Waals surface area contributed by atoms with Gasteiger partial charge in [-0.15, -0.1) is 0 Å². The molecule has 0 spiro atoms. The lowest BCUT2D eigenvalue weighted by Gasteiger charge is -2.28. The number of halogens is 1. The fraction of sp³-hybridized carbons (Fsp3) is 0.900. The number of nitrogens with one attached hydrogen (secondary N) is 1. The Morgan fingerprint density at radius 3 is 2.64 bits per heavy atom. The van der Waals surface area contributed by atoms with Crippen LogP contribution in [0.5, 0.6) is 0 Å². The molecule has 0 aliphatic carbocycles. The highest BCUT2D eigenvalue weighted by atomic mass is 19.1. The summed E-state index contributed by atoms with van der Waals surface area (Å²) in [4.78, 5) is 11.5. The van der Waals surface area contributed by atoms with Crippen molar-refractivity contribution in [3.8, 4) is 0 Å². The molecule has 4 heteroatoms. The summed E-state index contributed by atoms with van der Waals surface area (Å²) in [6, 6.07) is -0.474. The Balaban J connectivity index is 2.44. The van der Waals surface area contributed by atoms with Crippen molar-refractivity contribution in [1.29, 1.82) is 0 Å². The summed E-state index contributed by atoms with van der Waals surface area (Å²) >= 11 is 0. The number of alkyl halides is 1. The average Bonchev–Trinajstić information content (AvgIpc) is 2.01. The predicted molar refractivity (Wildman–Crippen MR) is 51.8 cm³/mol. The highest BCUT2D eigenvalue weighted by Gasteiger charge is 2.30. The quantitative estimate of drug-likeness (QED) is 0.655. The van der Waals surface area contributed by atoms with E-state index in [-0.39, 0.29) is 12.4 Å². The first-order chi connectivity index (χ1) is 6.38. The van der Waals surface area contributed by atoms with E-state index < -0.39 is 17.8 Å². The molecule has 1 aliphatic heterocycles. The van der Waals surface area contributed by atoms with E-state index in [0.717, 1.165) is 0 Å². The molecule has 1 heterocycles. The standard InChI is InChI=1S/C10H18FNO2/c1-10(2,3)14-9(13)8-6-7(11)4-5-12-8/h7-8,12H,4-6H2,1-3H3/t7-,8+/m1/s1. The van der Waals surface area contributed by atoms with Gasteiger partial charge < -0.3 is 10.1 Å². The smallest absolute Gasteiger partial charge is 0.323 e. The fourth-order valence-electron chi connectivity index (χ4n) is 1.42. The van der Waals surface area contributed by atoms with E-state index in [1.165, 1.54) is 0 Å². The van der Waals surface area contributed by atoms with Gasteiger partial charge >= 0.3 is 5.97 Å². The van der Waals surface area contributed by atoms with Crippen molar-refractivity contribution in [2.45, 2.75) is 51.4 Å². The summed E-state index contributed by atoms with van der Waals surface area (Å²) < 4.78 is 18.1. The molecule has 0 unspecified atom stereocenters. The fourth-order valence-corrected chi connectivity index (χ4v) is 1.42. The Labute approximate surface area is 84.0 Å². The first-order valence-electron chi connectivity index (χ1n) is 4.99. The molecule has 3 nitrogen and oxygen atoms in total. The van der Waals surface area contributed by atoms with Gasteiger partial charge in [-0.25, -0.2) is 4.39 Å². The maximum atomic E-state index is 13.0. The highest BCUT2D eigenvalue weighted by Crippen LogP contribution is 2.16. The molecule has 0 aromatic carbocycles. The van der Waals surface area contributed by atoms with Crippen molar-refractivity contribution >= 4 is 5.97 Å². The first kappa shape index (κ1) is 11.4. The van der Waals surface area contributed by atoms with Crippen molar-refractivity contribution in [2.24, 2.45) is 0 Å². The number of piperidine rings is 1. The van der Waals surface area contributed by atoms with Crippen LogP contribution in [0.4, 0.5) is 4.39 Å². The van der Waals surface area contributed by atoms with Gasteiger partial charge in [0.05, 0.1) is 0 Å². The molecule has 0 saturated carbocycles. The minimum Gasteiger partial charge on any atom is -0.459 e. The first-order valence-corrected chi connectivity index (χ1v) is 4.99. The second-order valence-electron chi connectivity index (χ2n) is 4.66. The third-order valence-electron chi connectivity index (χ3n) is 2.03. The Hall–Kier alpha value is -0.640. The lowest BCUT2D eigenvalue weighted by Crippen LogP contribution is -2.46. The highest BCUT2D eigenvalue weighted by molar-refractivity contribution is 5.76. The molecule has 0 aromatic rings. The Bertz CT molecular complexity index is 213. The number of ether oxygens (including phenoxy) is 1. The zero-order valence-corrected chi connectivity index (χ0v) is 8.97. The third kappa shape index (κ3) is 3.62. The molecule has 0 aromatic heterocycles. The molecular weight excluding hydrogens is 185 g/mol. The van der Waals surface area contributed by atoms with E-state index in [0.29, 0.717) is 13.0 Å². The van der Waals surface area contributed by atoms with Crippen LogP contribution >= 0.6 is 0 Å². The second-order valence-corrected chi connectivity index (χ2v) is 4.66. The zero-order chi connectivity index (χ0) is 10.8. The van der Waals surface area contributed by atoms with Crippen LogP contribution in [-0.2, 0) is 9.53 Å². The normalized spacial score (nSPS) is 28.6. The maximum absolute atomic E-state index is 13.0. The second kappa shape index (κ2) is 4.26. The monoisotopic (exact) mass is 203 g/mol. The van der Waals surface area contributed by atoms with Gasteiger partial charge in [0.25, 0.3) is 0 Å². The summed E-state index contributed by atoms with van der Waals surface area (Å²) in [6.07, 6.45) is -0.164. The molecule has 0 amide bonds. The molecule has 1 aliphatic rings. The summed E-state index contributed by atoms with van der Waals surface area (Å²) in [7, 11) is 0. The number of esters is 1. The predicted octanol–water partition coefficient (Wildman–Crippen LogP) is 1.42. The van der Waals surface area contributed by atoms with Crippen LogP contribution in [0.25, 0.3) is 0 Å². The van der Waals surface area contributed by atoms with Gasteiger partial charge in [0.2, 0.25) is 0 Å². The lowest BCUT2D eigenvalue weighted by molar-refractivity contribution is -0.158. The summed E-state index contributed by atoms with van der Waals surface area (Å²) in [5.41, 5.74) is -0.498. The van der Waals surface area contributed by atoms with Crippen molar-refractivity contribution in [1.82, 2.24) is 5.32 Å². The molecule has 1 N–H and O–H groups in total. The van der Waals surface area contributed by atoms with E-state index in [4.69, 9.17) is 4.74 Å². The van der Waals surface area contributed by atoms with Crippen LogP contribution in [-0.4, -0.2) is 30.3 Å². The topological polar surface area (TPSA) is 38.3 Å². The summed E-state index contributed by atoms with van der Waals surface area (Å²) in [6.45, 7) is 5.97. The van der Waals surface area contributed by atoms with Gasteiger partial charge in [0.15, 0.2) is 0 Å². The molecule has 14 heavy (non-hydrogen) atoms. The van der Waals surface area contributed by atoms with Crippen LogP contribution < -0.4 is 5.32 Å². The third-order valence-corrected chi connectivity index (χ3v) is 2.03. The number of hydrogen-bond donors (Lipinski definition) is 1. The van der Waals surface area contributed by atoms with Gasteiger partial charge in [-0.1, -0.05) is 0 Å². The van der Waals surface area contributed by atoms with E-state index in [1.807, 2.05) is 0 Å². The van der Waals surface area contributed by atoms with E-state index in [9.17, 15) is 9.18 Å². The van der Waals surface area contributed by atoms with E-state index >= 15 is 0 Å². The largest absolute Gasteiger partial charge is 0.459 e. The van der Waals surface area contributed by atoms with Gasteiger partial charge in [0, 0.05) is 6.42 Å².